The lowest BCUT2D eigenvalue weighted by Gasteiger charge is -2.47. The Morgan fingerprint density at radius 1 is 1.29 bits per heavy atom. The Balaban J connectivity index is 1.92. The van der Waals surface area contributed by atoms with E-state index in [2.05, 4.69) is 5.32 Å². The third-order valence-electron chi connectivity index (χ3n) is 5.05. The molecule has 2 aromatic rings. The molecule has 2 heterocycles. The maximum atomic E-state index is 12.1. The molecule has 2 amide bonds. The minimum absolute atomic E-state index is 0.000813. The number of ether oxygens (including phenoxy) is 3. The third kappa shape index (κ3) is 4.79. The van der Waals surface area contributed by atoms with E-state index in [0.717, 1.165) is 0 Å². The van der Waals surface area contributed by atoms with Crippen LogP contribution in [0.15, 0.2) is 33.5 Å². The number of aliphatic hydroxyl groups excluding tert-OH is 2. The molecule has 0 radical (unpaired) electrons. The number of nitrogens with two attached hydrogens (primary N) is 1. The van der Waals surface area contributed by atoms with Crippen LogP contribution in [0.3, 0.4) is 0 Å². The molecule has 0 saturated carbocycles. The first-order valence-electron chi connectivity index (χ1n) is 9.47. The van der Waals surface area contributed by atoms with Crippen LogP contribution < -0.4 is 21.4 Å². The third-order valence-corrected chi connectivity index (χ3v) is 5.05. The van der Waals surface area contributed by atoms with Gasteiger partial charge in [-0.2, -0.15) is 0 Å². The number of hydrogen-bond acceptors (Lipinski definition) is 9. The Kier molecular flexibility index (Phi) is 6.20. The van der Waals surface area contributed by atoms with Gasteiger partial charge in [-0.3, -0.25) is 4.79 Å². The summed E-state index contributed by atoms with van der Waals surface area (Å²) in [6.45, 7) is 4.15. The number of benzene rings is 1. The van der Waals surface area contributed by atoms with Crippen molar-refractivity contribution in [2.75, 3.05) is 11.9 Å². The van der Waals surface area contributed by atoms with Gasteiger partial charge in [-0.1, -0.05) is 0 Å². The van der Waals surface area contributed by atoms with Crippen molar-refractivity contribution in [2.45, 2.75) is 44.9 Å². The molecule has 4 unspecified atom stereocenters. The van der Waals surface area contributed by atoms with E-state index in [9.17, 15) is 24.6 Å². The van der Waals surface area contributed by atoms with Gasteiger partial charge in [0.2, 0.25) is 12.2 Å². The summed E-state index contributed by atoms with van der Waals surface area (Å²) in [5.74, 6) is -0.987. The molecule has 1 aliphatic rings. The maximum absolute atomic E-state index is 12.1. The fourth-order valence-electron chi connectivity index (χ4n) is 3.51. The number of amides is 2. The number of fused-ring (bicyclic) bond motifs is 1. The highest BCUT2D eigenvalue weighted by molar-refractivity contribution is 5.91. The normalized spacial score (nSPS) is 25.1. The average Bonchev–Trinajstić information content (AvgIpc) is 2.65. The Hall–Kier alpha value is -3.15. The molecule has 5 N–H and O–H groups in total. The van der Waals surface area contributed by atoms with Crippen LogP contribution in [0.2, 0.25) is 0 Å². The van der Waals surface area contributed by atoms with Gasteiger partial charge in [0.1, 0.15) is 23.1 Å². The molecule has 3 rings (SSSR count). The maximum Gasteiger partial charge on any atom is 0.405 e. The summed E-state index contributed by atoms with van der Waals surface area (Å²) in [6, 6.07) is 6.00. The molecule has 4 atom stereocenters. The largest absolute Gasteiger partial charge is 0.461 e. The van der Waals surface area contributed by atoms with E-state index in [0.29, 0.717) is 5.39 Å². The second-order valence-electron chi connectivity index (χ2n) is 7.72. The lowest BCUT2D eigenvalue weighted by atomic mass is 9.81. The van der Waals surface area contributed by atoms with Crippen molar-refractivity contribution in [2.24, 2.45) is 11.7 Å². The number of aliphatic hydroxyl groups is 2. The van der Waals surface area contributed by atoms with Crippen LogP contribution in [0.5, 0.6) is 5.75 Å². The molecule has 1 aliphatic heterocycles. The van der Waals surface area contributed by atoms with Gasteiger partial charge >= 0.3 is 11.7 Å². The fourth-order valence-corrected chi connectivity index (χ4v) is 3.51. The van der Waals surface area contributed by atoms with Gasteiger partial charge in [0, 0.05) is 24.3 Å². The SMILES string of the molecule is CC(=O)Nc1cc2ccc(OC3OC(C)(C)C(CO)C(O)C3OC(N)=O)cc2oc1=O. The molecular weight excluding hydrogens is 412 g/mol. The summed E-state index contributed by atoms with van der Waals surface area (Å²) in [5, 5.41) is 23.2. The van der Waals surface area contributed by atoms with Crippen molar-refractivity contribution in [3.8, 4) is 5.75 Å². The van der Waals surface area contributed by atoms with Gasteiger partial charge in [-0.25, -0.2) is 9.59 Å². The van der Waals surface area contributed by atoms with Crippen LogP contribution in [0.25, 0.3) is 11.0 Å². The van der Waals surface area contributed by atoms with E-state index in [1.54, 1.807) is 26.0 Å². The van der Waals surface area contributed by atoms with Gasteiger partial charge in [0.05, 0.1) is 12.2 Å². The average molecular weight is 436 g/mol. The Labute approximate surface area is 176 Å². The van der Waals surface area contributed by atoms with Gasteiger partial charge in [0.25, 0.3) is 0 Å². The molecule has 1 saturated heterocycles. The van der Waals surface area contributed by atoms with E-state index >= 15 is 0 Å². The van der Waals surface area contributed by atoms with E-state index < -0.39 is 54.2 Å². The number of primary amides is 1. The molecule has 0 bridgehead atoms. The molecule has 1 aromatic carbocycles. The van der Waals surface area contributed by atoms with Crippen molar-refractivity contribution in [3.63, 3.8) is 0 Å². The summed E-state index contributed by atoms with van der Waals surface area (Å²) in [7, 11) is 0. The molecule has 11 heteroatoms. The lowest BCUT2D eigenvalue weighted by Crippen LogP contribution is -2.62. The smallest absolute Gasteiger partial charge is 0.405 e. The van der Waals surface area contributed by atoms with E-state index in [4.69, 9.17) is 24.4 Å². The van der Waals surface area contributed by atoms with Crippen LogP contribution in [0.1, 0.15) is 20.8 Å². The Bertz CT molecular complexity index is 1050. The highest BCUT2D eigenvalue weighted by Crippen LogP contribution is 2.37. The predicted molar refractivity (Wildman–Crippen MR) is 107 cm³/mol. The highest BCUT2D eigenvalue weighted by atomic mass is 16.7. The van der Waals surface area contributed by atoms with Gasteiger partial charge in [-0.15, -0.1) is 0 Å². The minimum Gasteiger partial charge on any atom is -0.461 e. The number of carbonyl (C=O) groups excluding carboxylic acids is 2. The molecule has 31 heavy (non-hydrogen) atoms. The van der Waals surface area contributed by atoms with Crippen molar-refractivity contribution >= 4 is 28.7 Å². The van der Waals surface area contributed by atoms with Crippen molar-refractivity contribution in [1.29, 1.82) is 0 Å². The van der Waals surface area contributed by atoms with Crippen molar-refractivity contribution in [1.82, 2.24) is 0 Å². The van der Waals surface area contributed by atoms with Gasteiger partial charge in [0.15, 0.2) is 6.10 Å². The topological polar surface area (TPSA) is 171 Å². The first kappa shape index (κ1) is 22.5. The van der Waals surface area contributed by atoms with Crippen molar-refractivity contribution in [3.05, 3.63) is 34.7 Å². The van der Waals surface area contributed by atoms with E-state index in [1.807, 2.05) is 0 Å². The Morgan fingerprint density at radius 3 is 2.61 bits per heavy atom. The zero-order chi connectivity index (χ0) is 22.9. The van der Waals surface area contributed by atoms with Crippen molar-refractivity contribution < 1.29 is 38.4 Å². The van der Waals surface area contributed by atoms with Crippen LogP contribution in [0.4, 0.5) is 10.5 Å². The molecular formula is C20H24N2O9. The zero-order valence-corrected chi connectivity index (χ0v) is 17.2. The number of carbonyl (C=O) groups is 2. The quantitative estimate of drug-likeness (QED) is 0.492. The van der Waals surface area contributed by atoms with Crippen LogP contribution in [0, 0.1) is 5.92 Å². The molecule has 0 spiro atoms. The summed E-state index contributed by atoms with van der Waals surface area (Å²) in [6.07, 6.45) is -5.03. The number of nitrogens with one attached hydrogen (secondary N) is 1. The van der Waals surface area contributed by atoms with E-state index in [1.165, 1.54) is 19.1 Å². The Morgan fingerprint density at radius 2 is 2.00 bits per heavy atom. The molecule has 0 aliphatic carbocycles. The molecule has 168 valence electrons. The van der Waals surface area contributed by atoms with Crippen LogP contribution in [-0.2, 0) is 14.3 Å². The van der Waals surface area contributed by atoms with Crippen LogP contribution in [-0.4, -0.2) is 52.9 Å². The number of hydrogen-bond donors (Lipinski definition) is 4. The first-order valence-corrected chi connectivity index (χ1v) is 9.47. The number of rotatable bonds is 5. The summed E-state index contributed by atoms with van der Waals surface area (Å²) in [4.78, 5) is 34.6. The fraction of sp³-hybridized carbons (Fsp3) is 0.450. The molecule has 11 nitrogen and oxygen atoms in total. The lowest BCUT2D eigenvalue weighted by molar-refractivity contribution is -0.290. The number of anilines is 1. The summed E-state index contributed by atoms with van der Waals surface area (Å²) in [5.41, 5.74) is 3.52. The van der Waals surface area contributed by atoms with Gasteiger partial charge in [-0.05, 0) is 32.0 Å². The second-order valence-corrected chi connectivity index (χ2v) is 7.72. The monoisotopic (exact) mass is 436 g/mol. The van der Waals surface area contributed by atoms with Gasteiger partial charge < -0.3 is 39.9 Å². The summed E-state index contributed by atoms with van der Waals surface area (Å²) >= 11 is 0. The van der Waals surface area contributed by atoms with Crippen LogP contribution >= 0.6 is 0 Å². The predicted octanol–water partition coefficient (Wildman–Crippen LogP) is 0.698. The minimum atomic E-state index is -1.31. The standard InChI is InChI=1S/C20H24N2O9/c1-9(24)22-13-6-10-4-5-11(7-14(10)29-17(13)26)28-18-16(30-19(21)27)15(25)12(8-23)20(2,3)31-18/h4-7,12,15-16,18,23,25H,8H2,1-3H3,(H2,21,27)(H,22,24). The molecule has 1 fully saturated rings. The highest BCUT2D eigenvalue weighted by Gasteiger charge is 2.52. The summed E-state index contributed by atoms with van der Waals surface area (Å²) < 4.78 is 21.9. The van der Waals surface area contributed by atoms with E-state index in [-0.39, 0.29) is 17.0 Å². The zero-order valence-electron chi connectivity index (χ0n) is 17.2. The first-order chi connectivity index (χ1) is 14.5. The second kappa shape index (κ2) is 8.53. The molecule has 1 aromatic heterocycles.